The minimum absolute atomic E-state index is 0. The smallest absolute Gasteiger partial charge is 0.478 e. The summed E-state index contributed by atoms with van der Waals surface area (Å²) in [6.45, 7) is 7.95. The van der Waals surface area contributed by atoms with Gasteiger partial charge >= 0.3 is 35.3 Å². The van der Waals surface area contributed by atoms with Crippen LogP contribution in [0.5, 0.6) is 11.5 Å². The van der Waals surface area contributed by atoms with Gasteiger partial charge in [0, 0.05) is 56.7 Å². The fourth-order valence-corrected chi connectivity index (χ4v) is 27.2. The van der Waals surface area contributed by atoms with E-state index in [0.717, 1.165) is 119 Å². The van der Waals surface area contributed by atoms with Crippen LogP contribution in [-0.4, -0.2) is 88.7 Å². The zero-order chi connectivity index (χ0) is 104. The molecule has 5 heterocycles. The van der Waals surface area contributed by atoms with Crippen molar-refractivity contribution in [3.63, 3.8) is 0 Å². The molecule has 23 nitrogen and oxygen atoms in total. The molecule has 0 bridgehead atoms. The number of sulfonamides is 4. The Bertz CT molecular complexity index is 8280. The number of nitrogens with one attached hydrogen (secondary N) is 1. The number of carbonyl (C=O) groups is 3. The Morgan fingerprint density at radius 2 is 0.662 bits per heavy atom. The molecule has 0 amide bonds. The number of aromatic nitrogens is 2. The summed E-state index contributed by atoms with van der Waals surface area (Å²) in [7, 11) is -17.0. The van der Waals surface area contributed by atoms with Crippen LogP contribution < -0.4 is 31.6 Å². The van der Waals surface area contributed by atoms with Gasteiger partial charge in [-0.3, -0.25) is 27.0 Å². The number of nitrogens with zero attached hydrogens (tertiary/aromatic N) is 5. The van der Waals surface area contributed by atoms with Crippen molar-refractivity contribution in [3.8, 4) is 22.9 Å². The largest absolute Gasteiger partial charge is 0.573 e. The zero-order valence-electron chi connectivity index (χ0n) is 75.8. The lowest BCUT2D eigenvalue weighted by Gasteiger charge is -2.25. The molecule has 0 spiro atoms. The fourth-order valence-electron chi connectivity index (χ4n) is 15.0. The highest BCUT2D eigenvalue weighted by Crippen LogP contribution is 2.48. The highest BCUT2D eigenvalue weighted by atomic mass is 32.2. The summed E-state index contributed by atoms with van der Waals surface area (Å²) in [5, 5.41) is 32.4. The van der Waals surface area contributed by atoms with Crippen LogP contribution in [0, 0.1) is 45.1 Å². The lowest BCUT2D eigenvalue weighted by Crippen LogP contribution is -2.30. The lowest BCUT2D eigenvalue weighted by molar-refractivity contribution is -0.274. The summed E-state index contributed by atoms with van der Waals surface area (Å²) in [6, 6.07) is 64.5. The van der Waals surface area contributed by atoms with E-state index in [2.05, 4.69) is 18.8 Å². The molecule has 4 N–H and O–H groups in total. The van der Waals surface area contributed by atoms with Crippen LogP contribution in [0.1, 0.15) is 115 Å². The summed E-state index contributed by atoms with van der Waals surface area (Å²) < 4.78 is 293. The molecule has 0 atom stereocenters. The van der Waals surface area contributed by atoms with E-state index in [4.69, 9.17) is 15.3 Å². The van der Waals surface area contributed by atoms with Crippen LogP contribution in [0.3, 0.4) is 0 Å². The number of alkyl halides is 9. The predicted molar refractivity (Wildman–Crippen MR) is 538 cm³/mol. The fraction of sp³-hybridized carbons (Fsp3) is 0.158. The number of hydrogen-bond donors (Lipinski definition) is 4. The minimum atomic E-state index is -4.88. The Hall–Kier alpha value is -14.0. The molecule has 17 aromatic rings. The van der Waals surface area contributed by atoms with Gasteiger partial charge in [0.25, 0.3) is 51.9 Å². The number of hydrogen-bond acceptors (Lipinski definition) is 20. The van der Waals surface area contributed by atoms with E-state index in [-0.39, 0.29) is 81.2 Å². The first-order chi connectivity index (χ1) is 67.7. The highest BCUT2D eigenvalue weighted by molar-refractivity contribution is 7.94. The lowest BCUT2D eigenvalue weighted by atomic mass is 10.1. The van der Waals surface area contributed by atoms with Crippen molar-refractivity contribution in [2.24, 2.45) is 0 Å². The summed E-state index contributed by atoms with van der Waals surface area (Å²) in [5.41, 5.74) is 2.19. The Balaban J connectivity index is 0.000000162. The summed E-state index contributed by atoms with van der Waals surface area (Å²) in [5.74, 6) is -14.4. The first-order valence-corrected chi connectivity index (χ1v) is 52.2. The Morgan fingerprint density at radius 3 is 0.945 bits per heavy atom. The molecule has 0 aliphatic heterocycles. The second-order valence-electron chi connectivity index (χ2n) is 32.4. The van der Waals surface area contributed by atoms with Crippen LogP contribution in [-0.2, 0) is 78.1 Å². The summed E-state index contributed by atoms with van der Waals surface area (Å²) in [6.07, 6.45) is -8.22. The molecule has 5 aromatic heterocycles. The molecule has 0 radical (unpaired) electrons. The van der Waals surface area contributed by atoms with E-state index in [0.29, 0.717) is 86.0 Å². The summed E-state index contributed by atoms with van der Waals surface area (Å²) >= 11 is 5.74. The number of halogens is 12. The Morgan fingerprint density at radius 1 is 0.366 bits per heavy atom. The van der Waals surface area contributed by atoms with Gasteiger partial charge in [-0.1, -0.05) is 117 Å². The van der Waals surface area contributed by atoms with Gasteiger partial charge in [0.05, 0.1) is 73.6 Å². The number of thiophene rings is 4. The van der Waals surface area contributed by atoms with Gasteiger partial charge in [-0.2, -0.15) is 13.2 Å². The van der Waals surface area contributed by atoms with Gasteiger partial charge in [-0.15, -0.1) is 58.5 Å². The normalized spacial score (nSPS) is 12.0. The van der Waals surface area contributed by atoms with Crippen LogP contribution in [0.2, 0.25) is 0 Å². The molecule has 0 aliphatic carbocycles. The molecule has 145 heavy (non-hydrogen) atoms. The van der Waals surface area contributed by atoms with Gasteiger partial charge in [-0.25, -0.2) is 78.8 Å². The van der Waals surface area contributed by atoms with Crippen molar-refractivity contribution < 1.29 is 126 Å². The van der Waals surface area contributed by atoms with Gasteiger partial charge in [0.2, 0.25) is 0 Å². The molecule has 0 saturated carbocycles. The number of fused-ring (bicyclic) bond motifs is 4. The number of aromatic amines is 1. The minimum Gasteiger partial charge on any atom is -0.478 e. The number of carboxylic acid groups (broad SMARTS) is 3. The number of aromatic carboxylic acids is 3. The van der Waals surface area contributed by atoms with E-state index in [9.17, 15) is 106 Å². The Kier molecular flexibility index (Phi) is 32.2. The number of aryl methyl sites for hydroxylation is 4. The Labute approximate surface area is 842 Å². The third-order valence-electron chi connectivity index (χ3n) is 22.2. The van der Waals surface area contributed by atoms with Crippen molar-refractivity contribution in [3.05, 3.63) is 372 Å². The molecule has 12 aromatic carbocycles. The van der Waals surface area contributed by atoms with Crippen molar-refractivity contribution in [1.29, 1.82) is 0 Å². The third-order valence-corrected chi connectivity index (χ3v) is 35.4. The number of H-pyrrole nitrogens is 1. The number of ether oxygens (including phenoxy) is 2. The quantitative estimate of drug-likeness (QED) is 0.0316. The van der Waals surface area contributed by atoms with E-state index >= 15 is 0 Å². The molecule has 44 heteroatoms. The van der Waals surface area contributed by atoms with Crippen molar-refractivity contribution >= 4 is 175 Å². The van der Waals surface area contributed by atoms with E-state index in [1.807, 2.05) is 91.9 Å². The van der Waals surface area contributed by atoms with Crippen LogP contribution in [0.15, 0.2) is 297 Å². The van der Waals surface area contributed by atoms with Crippen molar-refractivity contribution in [2.45, 2.75) is 126 Å². The maximum Gasteiger partial charge on any atom is 0.573 e. The molecule has 756 valence electrons. The molecular weight excluding hydrogens is 2090 g/mol. The standard InChI is InChI=1S/C26H20F3N3O3S3.C25H20F3NO4S2.C25H21F2NO5S2.C24H17F4NO5S2.CH4/c1-15-19-5-3-4-6-22(19)36-24(15)32(14-16-7-12-21(27)20(13-16)26(2,28)29)38(34,35)18-10-8-17(9-11-18)23-30-25(33)37-31-23;1-15-19-5-3-4-6-22(19)34-23(15)29(14-16-7-12-21(26)20(13-16)25(2,27)28)35(32,33)18-10-8-17(9-11-18)24(30)31;1-16-21-5-3-4-6-22(21)34-23(16)28(15-17-7-11-19(12-8-17)33-25(2,26)27)35(31,32)20-13-9-18(10-14-20)24(29)30;1-14-18-4-2-3-5-21(18)35-22(14)29(13-15-6-8-16(9-7-15)34-24(26,27)28)36(32,33)17-10-11-19(23(30)31)20(25)12-17;/h3-13H,14H2,1-2H3,(H,30,31,33);3-13H,14H2,1-2H3,(H,30,31);3-14H,15H2,1-2H3,(H,29,30);2-12H,13H2,1H3,(H,30,31);1H4. The highest BCUT2D eigenvalue weighted by Gasteiger charge is 2.39. The maximum absolute atomic E-state index is 14.4. The number of carboxylic acids is 3. The number of benzene rings is 12. The molecule has 0 aliphatic rings. The first-order valence-electron chi connectivity index (χ1n) is 42.4. The average Bonchev–Trinajstić information content (AvgIpc) is 1.66. The van der Waals surface area contributed by atoms with E-state index in [1.54, 1.807) is 32.9 Å². The van der Waals surface area contributed by atoms with Gasteiger partial charge in [0.1, 0.15) is 49.0 Å². The SMILES string of the molecule is C.Cc1c(N(Cc2ccc(F)c(C(C)(F)F)c2)S(=O)(=O)c2ccc(-c3nsc(=O)[nH]3)cc2)sc2ccccc12.Cc1c(N(Cc2ccc(F)c(C(C)(F)F)c2)S(=O)(=O)c2ccc(C(=O)O)cc2)sc2ccccc12.Cc1c(N(Cc2ccc(OC(C)(F)F)cc2)S(=O)(=O)c2ccc(C(=O)O)cc2)sc2ccccc12.Cc1c(N(Cc2ccc(OC(F)(F)F)cc2)S(=O)(=O)c2ccc(C(=O)O)c(F)c2)sc2ccccc12. The predicted octanol–water partition coefficient (Wildman–Crippen LogP) is 26.5. The average molecular weight is 2170 g/mol. The van der Waals surface area contributed by atoms with Crippen LogP contribution in [0.4, 0.5) is 72.7 Å². The number of anilines is 4. The van der Waals surface area contributed by atoms with E-state index in [1.165, 1.54) is 171 Å². The summed E-state index contributed by atoms with van der Waals surface area (Å²) in [4.78, 5) is 46.5. The molecule has 0 fully saturated rings. The molecular formula is C101H82F12N6O17S9. The van der Waals surface area contributed by atoms with Gasteiger partial charge in [-0.05, 0) is 258 Å². The van der Waals surface area contributed by atoms with Gasteiger partial charge < -0.3 is 24.8 Å². The zero-order valence-corrected chi connectivity index (χ0v) is 83.2. The van der Waals surface area contributed by atoms with Crippen molar-refractivity contribution in [1.82, 2.24) is 9.36 Å². The monoisotopic (exact) mass is 2170 g/mol. The number of rotatable bonds is 29. The molecule has 17 rings (SSSR count). The first kappa shape index (κ1) is 108. The third kappa shape index (κ3) is 24.6. The second-order valence-corrected chi connectivity index (χ2v) is 44.7. The molecule has 0 unspecified atom stereocenters. The molecule has 0 saturated heterocycles. The van der Waals surface area contributed by atoms with Gasteiger partial charge in [0.15, 0.2) is 5.82 Å². The van der Waals surface area contributed by atoms with Crippen LogP contribution in [0.25, 0.3) is 51.7 Å². The van der Waals surface area contributed by atoms with Crippen LogP contribution >= 0.6 is 56.9 Å². The topological polar surface area (TPSA) is 326 Å². The van der Waals surface area contributed by atoms with Crippen molar-refractivity contribution in [2.75, 3.05) is 17.2 Å². The second kappa shape index (κ2) is 43.1. The van der Waals surface area contributed by atoms with E-state index < -0.39 is 127 Å². The maximum atomic E-state index is 14.4.